The van der Waals surface area contributed by atoms with Crippen molar-refractivity contribution in [2.75, 3.05) is 5.73 Å². The minimum atomic E-state index is -4.00. The highest BCUT2D eigenvalue weighted by Crippen LogP contribution is 2.34. The third-order valence-corrected chi connectivity index (χ3v) is 5.80. The molecule has 114 valence electrons. The predicted octanol–water partition coefficient (Wildman–Crippen LogP) is 3.68. The molecule has 1 atom stereocenters. The van der Waals surface area contributed by atoms with Gasteiger partial charge in [-0.2, -0.15) is 0 Å². The average molecular weight is 388 g/mol. The van der Waals surface area contributed by atoms with E-state index in [1.165, 1.54) is 0 Å². The lowest BCUT2D eigenvalue weighted by molar-refractivity contribution is 0.506. The summed E-state index contributed by atoms with van der Waals surface area (Å²) in [6.45, 7) is 3.81. The fourth-order valence-corrected chi connectivity index (χ4v) is 3.81. The van der Waals surface area contributed by atoms with Gasteiger partial charge in [-0.1, -0.05) is 31.9 Å². The number of benzene rings is 1. The Morgan fingerprint density at radius 3 is 2.60 bits per heavy atom. The van der Waals surface area contributed by atoms with Crippen LogP contribution in [-0.4, -0.2) is 14.5 Å². The Labute approximate surface area is 132 Å². The van der Waals surface area contributed by atoms with Gasteiger partial charge in [-0.3, -0.25) is 0 Å². The van der Waals surface area contributed by atoms with E-state index in [-0.39, 0.29) is 21.2 Å². The molecule has 0 aromatic heterocycles. The molecule has 1 aromatic carbocycles. The third kappa shape index (κ3) is 3.84. The standard InChI is InChI=1S/C12H17BrClFN2O2S/c1-3-5-7(4-2)17-20(18,19)9-6-8(14)10(13)12(16)11(9)15/h6-7,17H,3-5,16H2,1-2H3. The molecule has 1 unspecified atom stereocenters. The van der Waals surface area contributed by atoms with E-state index in [2.05, 4.69) is 20.7 Å². The molecule has 8 heteroatoms. The van der Waals surface area contributed by atoms with E-state index in [1.54, 1.807) is 0 Å². The molecular weight excluding hydrogens is 371 g/mol. The molecule has 4 nitrogen and oxygen atoms in total. The molecular formula is C12H17BrClFN2O2S. The normalized spacial score (nSPS) is 13.4. The van der Waals surface area contributed by atoms with E-state index in [9.17, 15) is 12.8 Å². The first-order chi connectivity index (χ1) is 9.24. The van der Waals surface area contributed by atoms with E-state index in [4.69, 9.17) is 17.3 Å². The number of nitrogens with one attached hydrogen (secondary N) is 1. The molecule has 3 N–H and O–H groups in total. The van der Waals surface area contributed by atoms with Crippen molar-refractivity contribution in [3.05, 3.63) is 21.4 Å². The maximum absolute atomic E-state index is 14.0. The van der Waals surface area contributed by atoms with Crippen LogP contribution in [0, 0.1) is 5.82 Å². The first-order valence-corrected chi connectivity index (χ1v) is 8.85. The minimum Gasteiger partial charge on any atom is -0.395 e. The molecule has 0 aliphatic rings. The minimum absolute atomic E-state index is 0.0489. The molecule has 0 heterocycles. The predicted molar refractivity (Wildman–Crippen MR) is 82.8 cm³/mol. The second-order valence-electron chi connectivity index (χ2n) is 4.41. The monoisotopic (exact) mass is 386 g/mol. The van der Waals surface area contributed by atoms with Gasteiger partial charge >= 0.3 is 0 Å². The largest absolute Gasteiger partial charge is 0.395 e. The number of nitrogen functional groups attached to an aromatic ring is 1. The Kier molecular flexibility index (Phi) is 6.25. The molecule has 0 radical (unpaired) electrons. The Morgan fingerprint density at radius 1 is 1.50 bits per heavy atom. The second kappa shape index (κ2) is 7.06. The molecule has 0 aliphatic carbocycles. The zero-order valence-corrected chi connectivity index (χ0v) is 14.4. The molecule has 0 fully saturated rings. The van der Waals surface area contributed by atoms with Crippen LogP contribution in [0.15, 0.2) is 15.4 Å². The van der Waals surface area contributed by atoms with Crippen LogP contribution in [-0.2, 0) is 10.0 Å². The van der Waals surface area contributed by atoms with Crippen LogP contribution < -0.4 is 10.5 Å². The zero-order valence-electron chi connectivity index (χ0n) is 11.2. The molecule has 0 saturated heterocycles. The summed E-state index contributed by atoms with van der Waals surface area (Å²) in [6.07, 6.45) is 2.12. The summed E-state index contributed by atoms with van der Waals surface area (Å²) >= 11 is 8.85. The lowest BCUT2D eigenvalue weighted by Gasteiger charge is -2.17. The number of rotatable bonds is 6. The van der Waals surface area contributed by atoms with E-state index in [1.807, 2.05) is 13.8 Å². The molecule has 0 bridgehead atoms. The Morgan fingerprint density at radius 2 is 2.10 bits per heavy atom. The quantitative estimate of drug-likeness (QED) is 0.577. The van der Waals surface area contributed by atoms with Crippen LogP contribution in [0.5, 0.6) is 0 Å². The average Bonchev–Trinajstić information content (AvgIpc) is 2.39. The number of hydrogen-bond acceptors (Lipinski definition) is 3. The van der Waals surface area contributed by atoms with Crippen molar-refractivity contribution in [3.8, 4) is 0 Å². The van der Waals surface area contributed by atoms with Gasteiger partial charge in [0, 0.05) is 6.04 Å². The highest BCUT2D eigenvalue weighted by Gasteiger charge is 2.26. The van der Waals surface area contributed by atoms with Crippen LogP contribution >= 0.6 is 27.5 Å². The first-order valence-electron chi connectivity index (χ1n) is 6.19. The van der Waals surface area contributed by atoms with Crippen LogP contribution in [0.2, 0.25) is 5.02 Å². The SMILES string of the molecule is CCCC(CC)NS(=O)(=O)c1cc(Cl)c(Br)c(N)c1F. The van der Waals surface area contributed by atoms with Crippen molar-refractivity contribution in [1.82, 2.24) is 4.72 Å². The molecule has 1 aromatic rings. The summed E-state index contributed by atoms with van der Waals surface area (Å²) in [4.78, 5) is -0.530. The fraction of sp³-hybridized carbons (Fsp3) is 0.500. The van der Waals surface area contributed by atoms with Gasteiger partial charge < -0.3 is 5.73 Å². The van der Waals surface area contributed by atoms with Gasteiger partial charge in [-0.05, 0) is 34.8 Å². The van der Waals surface area contributed by atoms with E-state index < -0.39 is 20.7 Å². The van der Waals surface area contributed by atoms with E-state index in [0.29, 0.717) is 12.8 Å². The first kappa shape index (κ1) is 17.7. The van der Waals surface area contributed by atoms with E-state index >= 15 is 0 Å². The summed E-state index contributed by atoms with van der Waals surface area (Å²) in [5.41, 5.74) is 5.19. The maximum atomic E-state index is 14.0. The molecule has 0 spiro atoms. The number of halogens is 3. The lowest BCUT2D eigenvalue weighted by Crippen LogP contribution is -2.34. The van der Waals surface area contributed by atoms with Gasteiger partial charge in [-0.25, -0.2) is 17.5 Å². The summed E-state index contributed by atoms with van der Waals surface area (Å²) < 4.78 is 41.1. The van der Waals surface area contributed by atoms with Gasteiger partial charge in [-0.15, -0.1) is 0 Å². The highest BCUT2D eigenvalue weighted by molar-refractivity contribution is 9.10. The van der Waals surface area contributed by atoms with Crippen molar-refractivity contribution in [2.24, 2.45) is 0 Å². The summed E-state index contributed by atoms with van der Waals surface area (Å²) in [6, 6.07) is 0.811. The fourth-order valence-electron chi connectivity index (χ4n) is 1.77. The van der Waals surface area contributed by atoms with Crippen molar-refractivity contribution in [2.45, 2.75) is 44.0 Å². The summed E-state index contributed by atoms with van der Waals surface area (Å²) in [7, 11) is -4.00. The number of sulfonamides is 1. The Balaban J connectivity index is 3.23. The lowest BCUT2D eigenvalue weighted by atomic mass is 10.1. The summed E-state index contributed by atoms with van der Waals surface area (Å²) in [5, 5.41) is 0.0489. The van der Waals surface area contributed by atoms with Gasteiger partial charge in [0.15, 0.2) is 5.82 Å². The highest BCUT2D eigenvalue weighted by atomic mass is 79.9. The van der Waals surface area contributed by atoms with Gasteiger partial charge in [0.25, 0.3) is 0 Å². The molecule has 0 aliphatic heterocycles. The van der Waals surface area contributed by atoms with Crippen LogP contribution in [0.4, 0.5) is 10.1 Å². The van der Waals surface area contributed by atoms with Crippen molar-refractivity contribution >= 4 is 43.2 Å². The van der Waals surface area contributed by atoms with Gasteiger partial charge in [0.1, 0.15) is 4.90 Å². The van der Waals surface area contributed by atoms with Crippen LogP contribution in [0.1, 0.15) is 33.1 Å². The van der Waals surface area contributed by atoms with Crippen molar-refractivity contribution < 1.29 is 12.8 Å². The van der Waals surface area contributed by atoms with Gasteiger partial charge in [0.05, 0.1) is 15.2 Å². The van der Waals surface area contributed by atoms with E-state index in [0.717, 1.165) is 12.5 Å². The van der Waals surface area contributed by atoms with Crippen LogP contribution in [0.25, 0.3) is 0 Å². The second-order valence-corrected chi connectivity index (χ2v) is 7.30. The number of hydrogen-bond donors (Lipinski definition) is 2. The van der Waals surface area contributed by atoms with Crippen molar-refractivity contribution in [1.29, 1.82) is 0 Å². The molecule has 20 heavy (non-hydrogen) atoms. The molecule has 0 amide bonds. The smallest absolute Gasteiger partial charge is 0.243 e. The number of nitrogens with two attached hydrogens (primary N) is 1. The maximum Gasteiger partial charge on any atom is 0.243 e. The molecule has 0 saturated carbocycles. The Bertz CT molecular complexity index is 596. The van der Waals surface area contributed by atoms with Crippen molar-refractivity contribution in [3.63, 3.8) is 0 Å². The summed E-state index contributed by atoms with van der Waals surface area (Å²) in [5.74, 6) is -1.000. The zero-order chi connectivity index (χ0) is 15.5. The molecule has 1 rings (SSSR count). The van der Waals surface area contributed by atoms with Gasteiger partial charge in [0.2, 0.25) is 10.0 Å². The Hall–Kier alpha value is -0.370. The topological polar surface area (TPSA) is 72.2 Å². The van der Waals surface area contributed by atoms with Crippen LogP contribution in [0.3, 0.4) is 0 Å². The third-order valence-electron chi connectivity index (χ3n) is 2.90. The number of anilines is 1.